The Balaban J connectivity index is 2.28. The van der Waals surface area contributed by atoms with E-state index >= 15 is 0 Å². The highest BCUT2D eigenvalue weighted by Gasteiger charge is 2.04. The first kappa shape index (κ1) is 16.2. The summed E-state index contributed by atoms with van der Waals surface area (Å²) in [5, 5.41) is 3.11. The maximum atomic E-state index is 13.7. The molecule has 3 N–H and O–H groups in total. The maximum Gasteiger partial charge on any atom is 0.146 e. The first-order valence-electron chi connectivity index (χ1n) is 6.47. The first-order valence-corrected chi connectivity index (χ1v) is 8.27. The Hall–Kier alpha value is -0.810. The van der Waals surface area contributed by atoms with Gasteiger partial charge < -0.3 is 11.1 Å². The van der Waals surface area contributed by atoms with Crippen molar-refractivity contribution in [2.45, 2.75) is 25.7 Å². The minimum Gasteiger partial charge on any atom is -0.389 e. The fraction of sp³-hybridized carbons (Fsp3) is 0.500. The zero-order valence-electron chi connectivity index (χ0n) is 11.2. The van der Waals surface area contributed by atoms with Crippen LogP contribution in [0, 0.1) is 5.82 Å². The highest BCUT2D eigenvalue weighted by Crippen LogP contribution is 2.16. The van der Waals surface area contributed by atoms with Gasteiger partial charge in [-0.1, -0.05) is 25.1 Å². The highest BCUT2D eigenvalue weighted by molar-refractivity contribution is 7.98. The largest absolute Gasteiger partial charge is 0.389 e. The second kappa shape index (κ2) is 9.15. The number of anilines is 1. The fourth-order valence-corrected chi connectivity index (χ4v) is 2.38. The molecule has 19 heavy (non-hydrogen) atoms. The van der Waals surface area contributed by atoms with Crippen LogP contribution >= 0.6 is 24.0 Å². The van der Waals surface area contributed by atoms with Gasteiger partial charge in [0.25, 0.3) is 0 Å². The number of hydrogen-bond donors (Lipinski definition) is 2. The molecular weight excluding hydrogens is 279 g/mol. The van der Waals surface area contributed by atoms with E-state index in [0.717, 1.165) is 13.0 Å². The van der Waals surface area contributed by atoms with E-state index < -0.39 is 0 Å². The average Bonchev–Trinajstić information content (AvgIpc) is 2.39. The van der Waals surface area contributed by atoms with Crippen LogP contribution in [0.25, 0.3) is 0 Å². The molecule has 0 atom stereocenters. The van der Waals surface area contributed by atoms with E-state index in [1.54, 1.807) is 12.1 Å². The Bertz CT molecular complexity index is 410. The van der Waals surface area contributed by atoms with E-state index in [1.165, 1.54) is 31.1 Å². The molecule has 0 amide bonds. The second-order valence-electron chi connectivity index (χ2n) is 4.39. The van der Waals surface area contributed by atoms with E-state index in [4.69, 9.17) is 18.0 Å². The van der Waals surface area contributed by atoms with Crippen LogP contribution in [0.15, 0.2) is 18.2 Å². The van der Waals surface area contributed by atoms with E-state index in [2.05, 4.69) is 11.6 Å². The van der Waals surface area contributed by atoms with Crippen molar-refractivity contribution < 1.29 is 4.39 Å². The number of thioether (sulfide) groups is 1. The van der Waals surface area contributed by atoms with Crippen molar-refractivity contribution in [3.05, 3.63) is 29.6 Å². The number of halogens is 1. The molecule has 0 aromatic heterocycles. The van der Waals surface area contributed by atoms with Crippen molar-refractivity contribution in [3.8, 4) is 0 Å². The van der Waals surface area contributed by atoms with Gasteiger partial charge >= 0.3 is 0 Å². The van der Waals surface area contributed by atoms with Crippen LogP contribution in [0.3, 0.4) is 0 Å². The fourth-order valence-electron chi connectivity index (χ4n) is 1.76. The van der Waals surface area contributed by atoms with Crippen molar-refractivity contribution in [1.82, 2.24) is 0 Å². The van der Waals surface area contributed by atoms with Gasteiger partial charge in [0.15, 0.2) is 0 Å². The molecule has 1 aromatic rings. The Morgan fingerprint density at radius 1 is 1.32 bits per heavy atom. The summed E-state index contributed by atoms with van der Waals surface area (Å²) in [6.45, 7) is 0.794. The molecule has 0 aliphatic rings. The first-order chi connectivity index (χ1) is 9.15. The standard InChI is InChI=1S/C14H21FN2S2/c1-19-9-5-3-2-4-8-17-13-7-6-11(14(16)18)10-12(13)15/h6-7,10,17H,2-5,8-9H2,1H3,(H2,16,18). The summed E-state index contributed by atoms with van der Waals surface area (Å²) in [5.41, 5.74) is 6.54. The number of hydrogen-bond acceptors (Lipinski definition) is 3. The van der Waals surface area contributed by atoms with Gasteiger partial charge in [-0.25, -0.2) is 4.39 Å². The number of nitrogens with one attached hydrogen (secondary N) is 1. The maximum absolute atomic E-state index is 13.7. The number of thiocarbonyl (C=S) groups is 1. The van der Waals surface area contributed by atoms with E-state index in [-0.39, 0.29) is 10.8 Å². The smallest absolute Gasteiger partial charge is 0.146 e. The lowest BCUT2D eigenvalue weighted by atomic mass is 10.2. The van der Waals surface area contributed by atoms with Gasteiger partial charge in [-0.05, 0) is 43.0 Å². The number of unbranched alkanes of at least 4 members (excludes halogenated alkanes) is 3. The Morgan fingerprint density at radius 3 is 2.68 bits per heavy atom. The molecule has 106 valence electrons. The summed E-state index contributed by atoms with van der Waals surface area (Å²) < 4.78 is 13.7. The van der Waals surface area contributed by atoms with Gasteiger partial charge in [0.2, 0.25) is 0 Å². The van der Waals surface area contributed by atoms with Gasteiger partial charge in [0.1, 0.15) is 10.8 Å². The van der Waals surface area contributed by atoms with Crippen molar-refractivity contribution in [2.24, 2.45) is 5.73 Å². The van der Waals surface area contributed by atoms with Crippen molar-refractivity contribution in [3.63, 3.8) is 0 Å². The molecule has 0 saturated heterocycles. The second-order valence-corrected chi connectivity index (χ2v) is 5.82. The molecule has 5 heteroatoms. The molecule has 2 nitrogen and oxygen atoms in total. The average molecular weight is 300 g/mol. The molecule has 0 spiro atoms. The Morgan fingerprint density at radius 2 is 2.05 bits per heavy atom. The summed E-state index contributed by atoms with van der Waals surface area (Å²) in [6.07, 6.45) is 6.87. The molecule has 0 radical (unpaired) electrons. The minimum absolute atomic E-state index is 0.222. The van der Waals surface area contributed by atoms with Gasteiger partial charge in [-0.15, -0.1) is 0 Å². The van der Waals surface area contributed by atoms with Gasteiger partial charge in [-0.3, -0.25) is 0 Å². The third kappa shape index (κ3) is 6.25. The Kier molecular flexibility index (Phi) is 7.82. The lowest BCUT2D eigenvalue weighted by Crippen LogP contribution is -2.10. The normalized spacial score (nSPS) is 10.4. The number of benzene rings is 1. The lowest BCUT2D eigenvalue weighted by molar-refractivity contribution is 0.627. The summed E-state index contributed by atoms with van der Waals surface area (Å²) in [6, 6.07) is 4.81. The number of rotatable bonds is 9. The summed E-state index contributed by atoms with van der Waals surface area (Å²) in [7, 11) is 0. The summed E-state index contributed by atoms with van der Waals surface area (Å²) >= 11 is 6.69. The van der Waals surface area contributed by atoms with Gasteiger partial charge in [0.05, 0.1) is 5.69 Å². The molecule has 0 saturated carbocycles. The van der Waals surface area contributed by atoms with E-state index in [0.29, 0.717) is 11.3 Å². The zero-order valence-corrected chi connectivity index (χ0v) is 12.9. The molecule has 1 rings (SSSR count). The minimum atomic E-state index is -0.298. The highest BCUT2D eigenvalue weighted by atomic mass is 32.2. The van der Waals surface area contributed by atoms with Crippen LogP contribution in [0.4, 0.5) is 10.1 Å². The van der Waals surface area contributed by atoms with Crippen LogP contribution in [0.1, 0.15) is 31.2 Å². The van der Waals surface area contributed by atoms with Crippen LogP contribution in [0.2, 0.25) is 0 Å². The Labute approximate surface area is 124 Å². The number of nitrogens with two attached hydrogens (primary N) is 1. The predicted octanol–water partition coefficient (Wildman–Crippen LogP) is 3.80. The monoisotopic (exact) mass is 300 g/mol. The van der Waals surface area contributed by atoms with Crippen molar-refractivity contribution in [1.29, 1.82) is 0 Å². The molecule has 1 aromatic carbocycles. The van der Waals surface area contributed by atoms with Crippen LogP contribution in [0.5, 0.6) is 0 Å². The zero-order chi connectivity index (χ0) is 14.1. The van der Waals surface area contributed by atoms with Crippen LogP contribution in [-0.2, 0) is 0 Å². The molecule has 0 heterocycles. The van der Waals surface area contributed by atoms with Crippen molar-refractivity contribution in [2.75, 3.05) is 23.9 Å². The van der Waals surface area contributed by atoms with Gasteiger partial charge in [-0.2, -0.15) is 11.8 Å². The van der Waals surface area contributed by atoms with Gasteiger partial charge in [0, 0.05) is 12.1 Å². The quantitative estimate of drug-likeness (QED) is 0.537. The molecule has 0 aliphatic carbocycles. The molecular formula is C14H21FN2S2. The van der Waals surface area contributed by atoms with Crippen LogP contribution in [-0.4, -0.2) is 23.5 Å². The molecule has 0 aliphatic heterocycles. The van der Waals surface area contributed by atoms with Crippen molar-refractivity contribution >= 4 is 34.7 Å². The van der Waals surface area contributed by atoms with E-state index in [1.807, 2.05) is 11.8 Å². The van der Waals surface area contributed by atoms with Crippen LogP contribution < -0.4 is 11.1 Å². The molecule has 0 bridgehead atoms. The van der Waals surface area contributed by atoms with E-state index in [9.17, 15) is 4.39 Å². The lowest BCUT2D eigenvalue weighted by Gasteiger charge is -2.08. The third-order valence-electron chi connectivity index (χ3n) is 2.84. The predicted molar refractivity (Wildman–Crippen MR) is 87.6 cm³/mol. The molecule has 0 unspecified atom stereocenters. The SMILES string of the molecule is CSCCCCCCNc1ccc(C(N)=S)cc1F. The summed E-state index contributed by atoms with van der Waals surface area (Å²) in [4.78, 5) is 0.222. The molecule has 0 fully saturated rings. The summed E-state index contributed by atoms with van der Waals surface area (Å²) in [5.74, 6) is 0.926. The topological polar surface area (TPSA) is 38.0 Å². The third-order valence-corrected chi connectivity index (χ3v) is 3.78.